The van der Waals surface area contributed by atoms with E-state index in [-0.39, 0.29) is 41.5 Å². The van der Waals surface area contributed by atoms with Crippen molar-refractivity contribution in [1.29, 1.82) is 0 Å². The number of hydrogen-bond donors (Lipinski definition) is 2. The van der Waals surface area contributed by atoms with Gasteiger partial charge in [-0.25, -0.2) is 18.7 Å². The molecular weight excluding hydrogens is 740 g/mol. The van der Waals surface area contributed by atoms with Crippen LogP contribution in [0.1, 0.15) is 31.9 Å². The molecule has 2 aromatic heterocycles. The molecule has 0 amide bonds. The van der Waals surface area contributed by atoms with Gasteiger partial charge in [-0.05, 0) is 74.0 Å². The number of aromatic nitrogens is 5. The Morgan fingerprint density at radius 2 is 1.63 bits per heavy atom. The Labute approximate surface area is 313 Å². The molecule has 0 saturated carbocycles. The van der Waals surface area contributed by atoms with Gasteiger partial charge in [-0.15, -0.1) is 0 Å². The van der Waals surface area contributed by atoms with Crippen LogP contribution in [0.4, 0.5) is 11.4 Å². The molecule has 2 N–H and O–H groups in total. The lowest BCUT2D eigenvalue weighted by molar-refractivity contribution is -0.191. The van der Waals surface area contributed by atoms with Crippen LogP contribution in [-0.4, -0.2) is 56.5 Å². The normalized spacial score (nSPS) is 17.7. The maximum absolute atomic E-state index is 12.8. The molecule has 3 atom stereocenters. The minimum atomic E-state index is -1.47. The third kappa shape index (κ3) is 8.38. The SMILES string of the molecule is CCC(C)n1ncn(-c2ccc(NCCNc3ccc(OC[C@@H]4CO[C@@](Cn5ncc(Cl)c(Cl)c5=O)(c5ccc(Cl)cc5Cl)O4)cc3)cc2)c1=O. The average molecular weight is 776 g/mol. The molecule has 1 aliphatic rings. The summed E-state index contributed by atoms with van der Waals surface area (Å²) in [5.74, 6) is -0.829. The van der Waals surface area contributed by atoms with Crippen LogP contribution in [0.15, 0.2) is 88.8 Å². The van der Waals surface area contributed by atoms with Crippen LogP contribution in [0.2, 0.25) is 20.1 Å². The van der Waals surface area contributed by atoms with Gasteiger partial charge in [-0.3, -0.25) is 4.79 Å². The molecule has 3 aromatic carbocycles. The van der Waals surface area contributed by atoms with Crippen LogP contribution in [0.25, 0.3) is 5.69 Å². The Morgan fingerprint density at radius 1 is 0.941 bits per heavy atom. The second-order valence-electron chi connectivity index (χ2n) is 11.9. The highest BCUT2D eigenvalue weighted by molar-refractivity contribution is 6.41. The molecule has 0 radical (unpaired) electrons. The number of benzene rings is 3. The molecule has 1 unspecified atom stereocenters. The fourth-order valence-electron chi connectivity index (χ4n) is 5.49. The van der Waals surface area contributed by atoms with E-state index >= 15 is 0 Å². The molecule has 1 fully saturated rings. The predicted octanol–water partition coefficient (Wildman–Crippen LogP) is 7.05. The van der Waals surface area contributed by atoms with Gasteiger partial charge < -0.3 is 24.8 Å². The topological polar surface area (TPSA) is 126 Å². The van der Waals surface area contributed by atoms with Crippen LogP contribution < -0.4 is 26.6 Å². The summed E-state index contributed by atoms with van der Waals surface area (Å²) in [6.45, 7) is 5.52. The van der Waals surface area contributed by atoms with Crippen molar-refractivity contribution in [3.8, 4) is 11.4 Å². The number of nitrogens with one attached hydrogen (secondary N) is 2. The van der Waals surface area contributed by atoms with Gasteiger partial charge in [0.2, 0.25) is 5.79 Å². The first kappa shape index (κ1) is 36.7. The molecule has 3 heterocycles. The predicted molar refractivity (Wildman–Crippen MR) is 199 cm³/mol. The molecule has 5 aromatic rings. The third-order valence-corrected chi connectivity index (χ3v) is 9.72. The molecule has 0 bridgehead atoms. The Bertz CT molecular complexity index is 2090. The largest absolute Gasteiger partial charge is 0.491 e. The van der Waals surface area contributed by atoms with Gasteiger partial charge in [-0.2, -0.15) is 10.2 Å². The number of hydrogen-bond acceptors (Lipinski definition) is 9. The quantitative estimate of drug-likeness (QED) is 0.114. The molecule has 6 rings (SSSR count). The van der Waals surface area contributed by atoms with Crippen molar-refractivity contribution in [2.75, 3.05) is 36.9 Å². The van der Waals surface area contributed by atoms with Crippen molar-refractivity contribution < 1.29 is 14.2 Å². The molecule has 51 heavy (non-hydrogen) atoms. The zero-order valence-electron chi connectivity index (χ0n) is 27.7. The minimum absolute atomic E-state index is 0.0401. The van der Waals surface area contributed by atoms with Gasteiger partial charge in [0.25, 0.3) is 5.56 Å². The lowest BCUT2D eigenvalue weighted by atomic mass is 10.1. The maximum Gasteiger partial charge on any atom is 0.350 e. The van der Waals surface area contributed by atoms with Gasteiger partial charge in [-0.1, -0.05) is 59.4 Å². The van der Waals surface area contributed by atoms with E-state index in [1.165, 1.54) is 10.9 Å². The molecule has 268 valence electrons. The smallest absolute Gasteiger partial charge is 0.350 e. The van der Waals surface area contributed by atoms with Crippen molar-refractivity contribution in [2.24, 2.45) is 0 Å². The van der Waals surface area contributed by atoms with Crippen LogP contribution >= 0.6 is 46.4 Å². The molecule has 0 aliphatic carbocycles. The minimum Gasteiger partial charge on any atom is -0.491 e. The van der Waals surface area contributed by atoms with E-state index in [2.05, 4.69) is 20.8 Å². The molecular formula is C35H35Cl4N7O5. The summed E-state index contributed by atoms with van der Waals surface area (Å²) in [6, 6.07) is 20.2. The number of anilines is 2. The number of ether oxygens (including phenoxy) is 3. The zero-order valence-corrected chi connectivity index (χ0v) is 30.7. The van der Waals surface area contributed by atoms with E-state index in [1.807, 2.05) is 62.4 Å². The second-order valence-corrected chi connectivity index (χ2v) is 13.5. The fourth-order valence-corrected chi connectivity index (χ4v) is 6.31. The number of halogens is 4. The standard InChI is InChI=1S/C35H35Cl4N7O5/c1-3-22(2)46-34(48)44(21-43-46)26-9-5-24(6-10-26)40-14-15-41-25-7-11-27(12-8-25)49-18-28-19-50-35(51-28,29-13-4-23(36)16-30(29)37)20-45-33(47)32(39)31(38)17-42-45/h4-13,16-17,21-22,28,40-41H,3,14-15,18-20H2,1-2H3/t22?,28-,35-/m1/s1. The molecule has 0 spiro atoms. The summed E-state index contributed by atoms with van der Waals surface area (Å²) < 4.78 is 22.8. The summed E-state index contributed by atoms with van der Waals surface area (Å²) in [5.41, 5.74) is 2.34. The third-order valence-electron chi connectivity index (χ3n) is 8.42. The summed E-state index contributed by atoms with van der Waals surface area (Å²) in [5, 5.41) is 15.7. The van der Waals surface area contributed by atoms with E-state index in [0.717, 1.165) is 28.2 Å². The van der Waals surface area contributed by atoms with Gasteiger partial charge in [0.1, 0.15) is 36.4 Å². The van der Waals surface area contributed by atoms with E-state index in [0.29, 0.717) is 34.4 Å². The van der Waals surface area contributed by atoms with Gasteiger partial charge in [0.05, 0.1) is 34.6 Å². The molecule has 1 saturated heterocycles. The lowest BCUT2D eigenvalue weighted by Gasteiger charge is -2.29. The fraction of sp³-hybridized carbons (Fsp3) is 0.314. The monoisotopic (exact) mass is 773 g/mol. The van der Waals surface area contributed by atoms with E-state index in [1.54, 1.807) is 29.1 Å². The molecule has 12 nitrogen and oxygen atoms in total. The van der Waals surface area contributed by atoms with Crippen molar-refractivity contribution in [3.63, 3.8) is 0 Å². The first-order valence-corrected chi connectivity index (χ1v) is 17.7. The maximum atomic E-state index is 12.8. The Kier molecular flexibility index (Phi) is 11.6. The Morgan fingerprint density at radius 3 is 2.29 bits per heavy atom. The number of nitrogens with zero attached hydrogens (tertiary/aromatic N) is 5. The summed E-state index contributed by atoms with van der Waals surface area (Å²) in [7, 11) is 0. The Hall–Kier alpha value is -4.04. The Balaban J connectivity index is 1.00. The van der Waals surface area contributed by atoms with Gasteiger partial charge in [0, 0.05) is 35.1 Å². The number of rotatable bonds is 14. The highest BCUT2D eigenvalue weighted by Crippen LogP contribution is 2.40. The van der Waals surface area contributed by atoms with Crippen LogP contribution in [0.5, 0.6) is 5.75 Å². The van der Waals surface area contributed by atoms with Crippen LogP contribution in [0, 0.1) is 0 Å². The van der Waals surface area contributed by atoms with Crippen LogP contribution in [0.3, 0.4) is 0 Å². The first-order valence-electron chi connectivity index (χ1n) is 16.2. The summed E-state index contributed by atoms with van der Waals surface area (Å²) in [6.07, 6.45) is 3.16. The average Bonchev–Trinajstić information content (AvgIpc) is 3.73. The molecule has 1 aliphatic heterocycles. The van der Waals surface area contributed by atoms with Gasteiger partial charge >= 0.3 is 5.69 Å². The highest BCUT2D eigenvalue weighted by Gasteiger charge is 2.46. The second kappa shape index (κ2) is 16.1. The lowest BCUT2D eigenvalue weighted by Crippen LogP contribution is -2.39. The molecule has 16 heteroatoms. The van der Waals surface area contributed by atoms with Crippen molar-refractivity contribution in [1.82, 2.24) is 24.1 Å². The summed E-state index contributed by atoms with van der Waals surface area (Å²) >= 11 is 24.8. The first-order chi connectivity index (χ1) is 24.6. The summed E-state index contributed by atoms with van der Waals surface area (Å²) in [4.78, 5) is 25.5. The zero-order chi connectivity index (χ0) is 36.1. The van der Waals surface area contributed by atoms with Gasteiger partial charge in [0.15, 0.2) is 0 Å². The van der Waals surface area contributed by atoms with Crippen molar-refractivity contribution in [2.45, 2.75) is 44.7 Å². The van der Waals surface area contributed by atoms with E-state index in [4.69, 9.17) is 60.6 Å². The highest BCUT2D eigenvalue weighted by atomic mass is 35.5. The van der Waals surface area contributed by atoms with Crippen molar-refractivity contribution >= 4 is 57.8 Å². The van der Waals surface area contributed by atoms with E-state index < -0.39 is 17.5 Å². The van der Waals surface area contributed by atoms with Crippen molar-refractivity contribution in [3.05, 3.63) is 126 Å². The van der Waals surface area contributed by atoms with E-state index in [9.17, 15) is 9.59 Å². The van der Waals surface area contributed by atoms with Crippen LogP contribution in [-0.2, 0) is 21.8 Å².